The average Bonchev–Trinajstić information content (AvgIpc) is 2.55. The van der Waals surface area contributed by atoms with Crippen LogP contribution in [0.2, 0.25) is 0 Å². The molecule has 0 saturated carbocycles. The van der Waals surface area contributed by atoms with Crippen molar-refractivity contribution in [2.45, 2.75) is 54.9 Å². The first-order valence-corrected chi connectivity index (χ1v) is 7.74. The molecule has 0 aliphatic carbocycles. The minimum absolute atomic E-state index is 0.304. The standard InChI is InChI=1S/C14H23N3.2C2H6/c1-8-13(12(5)15-6)11(4)14(16-9-2)17(7)10-3;2*1-2/h3,9,13,16H,2,8H2,1,4-7H3;2*1-2H3/b14-11-,15-12?;;/t13-;;/m0../s1. The lowest BCUT2D eigenvalue weighted by Gasteiger charge is -2.24. The Morgan fingerprint density at radius 1 is 1.33 bits per heavy atom. The van der Waals surface area contributed by atoms with E-state index in [1.807, 2.05) is 48.7 Å². The van der Waals surface area contributed by atoms with E-state index in [1.165, 1.54) is 5.57 Å². The summed E-state index contributed by atoms with van der Waals surface area (Å²) in [5.41, 5.74) is 2.29. The summed E-state index contributed by atoms with van der Waals surface area (Å²) in [6.07, 6.45) is 8.06. The molecule has 1 N–H and O–H groups in total. The van der Waals surface area contributed by atoms with Crippen molar-refractivity contribution < 1.29 is 0 Å². The number of terminal acetylenes is 1. The van der Waals surface area contributed by atoms with Crippen LogP contribution in [0.25, 0.3) is 0 Å². The van der Waals surface area contributed by atoms with Crippen molar-refractivity contribution in [1.29, 1.82) is 0 Å². The summed E-state index contributed by atoms with van der Waals surface area (Å²) in [5.74, 6) is 1.20. The Hall–Kier alpha value is -1.69. The smallest absolute Gasteiger partial charge is 0.116 e. The Balaban J connectivity index is -0.000000739. The Labute approximate surface area is 133 Å². The molecule has 3 nitrogen and oxygen atoms in total. The van der Waals surface area contributed by atoms with Gasteiger partial charge in [-0.25, -0.2) is 0 Å². The summed E-state index contributed by atoms with van der Waals surface area (Å²) in [5, 5.41) is 3.10. The molecule has 21 heavy (non-hydrogen) atoms. The van der Waals surface area contributed by atoms with Crippen LogP contribution in [-0.4, -0.2) is 24.7 Å². The number of rotatable bonds is 6. The zero-order valence-corrected chi connectivity index (χ0v) is 15.5. The molecule has 0 fully saturated rings. The summed E-state index contributed by atoms with van der Waals surface area (Å²) in [4.78, 5) is 5.99. The van der Waals surface area contributed by atoms with Crippen molar-refractivity contribution in [1.82, 2.24) is 10.2 Å². The fourth-order valence-corrected chi connectivity index (χ4v) is 1.87. The van der Waals surface area contributed by atoms with Gasteiger partial charge >= 0.3 is 0 Å². The molecule has 0 aromatic carbocycles. The quantitative estimate of drug-likeness (QED) is 0.439. The van der Waals surface area contributed by atoms with Crippen molar-refractivity contribution in [3.63, 3.8) is 0 Å². The predicted octanol–water partition coefficient (Wildman–Crippen LogP) is 4.64. The maximum atomic E-state index is 5.43. The highest BCUT2D eigenvalue weighted by Crippen LogP contribution is 2.20. The maximum Gasteiger partial charge on any atom is 0.116 e. The van der Waals surface area contributed by atoms with Crippen molar-refractivity contribution in [3.8, 4) is 12.5 Å². The van der Waals surface area contributed by atoms with Crippen LogP contribution in [0.15, 0.2) is 29.2 Å². The van der Waals surface area contributed by atoms with Gasteiger partial charge in [0.2, 0.25) is 0 Å². The molecular weight excluding hydrogens is 258 g/mol. The molecule has 0 saturated heterocycles. The van der Waals surface area contributed by atoms with Crippen molar-refractivity contribution in [2.75, 3.05) is 14.1 Å². The molecular formula is C18H35N3. The first kappa shape index (κ1) is 24.3. The molecule has 0 spiro atoms. The van der Waals surface area contributed by atoms with Gasteiger partial charge < -0.3 is 5.32 Å². The van der Waals surface area contributed by atoms with E-state index in [2.05, 4.69) is 36.8 Å². The van der Waals surface area contributed by atoms with Crippen molar-refractivity contribution >= 4 is 5.71 Å². The van der Waals surface area contributed by atoms with Gasteiger partial charge in [0.25, 0.3) is 0 Å². The number of aliphatic imine (C=N–C) groups is 1. The number of allylic oxidation sites excluding steroid dienone is 1. The van der Waals surface area contributed by atoms with Crippen LogP contribution < -0.4 is 5.32 Å². The van der Waals surface area contributed by atoms with E-state index >= 15 is 0 Å². The number of nitrogens with zero attached hydrogens (tertiary/aromatic N) is 2. The zero-order chi connectivity index (χ0) is 17.4. The molecule has 0 bridgehead atoms. The lowest BCUT2D eigenvalue weighted by atomic mass is 9.92. The van der Waals surface area contributed by atoms with Crippen molar-refractivity contribution in [2.24, 2.45) is 10.9 Å². The minimum Gasteiger partial charge on any atom is -0.348 e. The minimum atomic E-state index is 0.304. The average molecular weight is 293 g/mol. The summed E-state index contributed by atoms with van der Waals surface area (Å²) < 4.78 is 0. The largest absolute Gasteiger partial charge is 0.348 e. The maximum absolute atomic E-state index is 5.43. The molecule has 0 aromatic rings. The lowest BCUT2D eigenvalue weighted by molar-refractivity contribution is 0.537. The van der Waals surface area contributed by atoms with Gasteiger partial charge in [-0.1, -0.05) is 47.6 Å². The van der Waals surface area contributed by atoms with Crippen LogP contribution in [0.3, 0.4) is 0 Å². The van der Waals surface area contributed by atoms with Gasteiger partial charge in [0.1, 0.15) is 5.82 Å². The lowest BCUT2D eigenvalue weighted by Crippen LogP contribution is -2.26. The second-order valence-electron chi connectivity index (χ2n) is 3.89. The van der Waals surface area contributed by atoms with Crippen LogP contribution in [0.5, 0.6) is 0 Å². The van der Waals surface area contributed by atoms with Crippen molar-refractivity contribution in [3.05, 3.63) is 24.2 Å². The highest BCUT2D eigenvalue weighted by Gasteiger charge is 2.17. The summed E-state index contributed by atoms with van der Waals surface area (Å²) in [6, 6.07) is 2.59. The van der Waals surface area contributed by atoms with E-state index in [4.69, 9.17) is 6.42 Å². The molecule has 0 aliphatic heterocycles. The molecule has 3 heteroatoms. The topological polar surface area (TPSA) is 27.6 Å². The molecule has 1 atom stereocenters. The number of nitrogens with one attached hydrogen (secondary N) is 1. The second kappa shape index (κ2) is 16.4. The third-order valence-electron chi connectivity index (χ3n) is 2.93. The first-order valence-electron chi connectivity index (χ1n) is 7.74. The van der Waals surface area contributed by atoms with Gasteiger partial charge in [0.15, 0.2) is 0 Å². The molecule has 0 aromatic heterocycles. The molecule has 0 aliphatic rings. The Kier molecular flexibility index (Phi) is 19.0. The van der Waals surface area contributed by atoms with Gasteiger partial charge in [-0.15, -0.1) is 0 Å². The number of hydrogen-bond donors (Lipinski definition) is 1. The van der Waals surface area contributed by atoms with Gasteiger partial charge in [-0.3, -0.25) is 9.89 Å². The van der Waals surface area contributed by atoms with E-state index in [0.717, 1.165) is 18.0 Å². The Morgan fingerprint density at radius 3 is 2.10 bits per heavy atom. The highest BCUT2D eigenvalue weighted by molar-refractivity contribution is 5.86. The summed E-state index contributed by atoms with van der Waals surface area (Å²) in [7, 11) is 3.66. The fourth-order valence-electron chi connectivity index (χ4n) is 1.87. The van der Waals surface area contributed by atoms with Crippen LogP contribution in [0, 0.1) is 18.4 Å². The predicted molar refractivity (Wildman–Crippen MR) is 98.1 cm³/mol. The third kappa shape index (κ3) is 8.96. The zero-order valence-electron chi connectivity index (χ0n) is 15.5. The van der Waals surface area contributed by atoms with E-state index in [-0.39, 0.29) is 0 Å². The Morgan fingerprint density at radius 2 is 1.81 bits per heavy atom. The van der Waals surface area contributed by atoms with Crippen LogP contribution >= 0.6 is 0 Å². The number of hydrogen-bond acceptors (Lipinski definition) is 3. The molecule has 0 rings (SSSR count). The van der Waals surface area contributed by atoms with Gasteiger partial charge in [0, 0.05) is 31.8 Å². The molecule has 0 unspecified atom stereocenters. The normalized spacial score (nSPS) is 12.3. The van der Waals surface area contributed by atoms with E-state index < -0.39 is 0 Å². The Bertz CT molecular complexity index is 359. The van der Waals surface area contributed by atoms with Gasteiger partial charge in [-0.05, 0) is 32.0 Å². The van der Waals surface area contributed by atoms with Crippen LogP contribution in [0.4, 0.5) is 0 Å². The molecule has 0 heterocycles. The van der Waals surface area contributed by atoms with Crippen LogP contribution in [-0.2, 0) is 0 Å². The second-order valence-corrected chi connectivity index (χ2v) is 3.89. The summed E-state index contributed by atoms with van der Waals surface area (Å²) in [6.45, 7) is 17.9. The molecule has 0 amide bonds. The molecule has 0 radical (unpaired) electrons. The van der Waals surface area contributed by atoms with Gasteiger partial charge in [0.05, 0.1) is 0 Å². The molecule has 122 valence electrons. The van der Waals surface area contributed by atoms with E-state index in [9.17, 15) is 0 Å². The van der Waals surface area contributed by atoms with Gasteiger partial charge in [-0.2, -0.15) is 0 Å². The van der Waals surface area contributed by atoms with Crippen LogP contribution in [0.1, 0.15) is 54.9 Å². The fraction of sp³-hybridized carbons (Fsp3) is 0.611. The monoisotopic (exact) mass is 293 g/mol. The third-order valence-corrected chi connectivity index (χ3v) is 2.93. The highest BCUT2D eigenvalue weighted by atomic mass is 15.2. The van der Waals surface area contributed by atoms with E-state index in [0.29, 0.717) is 5.92 Å². The van der Waals surface area contributed by atoms with E-state index in [1.54, 1.807) is 11.1 Å². The summed E-state index contributed by atoms with van der Waals surface area (Å²) >= 11 is 0. The SMILES string of the molecule is C#CN(C)/C(NC=C)=C(/C)[C@H](CC)C(C)=NC.CC.CC. The first-order chi connectivity index (χ1) is 10.0.